The quantitative estimate of drug-likeness (QED) is 0.528. The normalized spacial score (nSPS) is 10.8. The highest BCUT2D eigenvalue weighted by Crippen LogP contribution is 2.34. The van der Waals surface area contributed by atoms with Gasteiger partial charge in [0.1, 0.15) is 17.5 Å². The molecule has 0 unspecified atom stereocenters. The number of pyridine rings is 1. The zero-order valence-corrected chi connectivity index (χ0v) is 13.7. The number of hydrogen-bond donors (Lipinski definition) is 2. The van der Waals surface area contributed by atoms with Crippen LogP contribution in [-0.2, 0) is 0 Å². The molecular weight excluding hydrogens is 369 g/mol. The fraction of sp³-hybridized carbons (Fsp3) is 0. The summed E-state index contributed by atoms with van der Waals surface area (Å²) in [5.41, 5.74) is 9.73. The lowest BCUT2D eigenvalue weighted by Crippen LogP contribution is -2.24. The Morgan fingerprint density at radius 1 is 1.04 bits per heavy atom. The number of carbonyl (C=O) groups excluding carboxylic acids is 1. The van der Waals surface area contributed by atoms with E-state index < -0.39 is 34.9 Å². The highest BCUT2D eigenvalue weighted by atomic mass is 35.5. The lowest BCUT2D eigenvalue weighted by atomic mass is 10.0. The van der Waals surface area contributed by atoms with E-state index in [0.717, 1.165) is 0 Å². The number of amides is 1. The number of aromatic nitrogens is 1. The van der Waals surface area contributed by atoms with E-state index in [2.05, 4.69) is 9.98 Å². The second-order valence-corrected chi connectivity index (χ2v) is 5.71. The first-order valence-corrected chi connectivity index (χ1v) is 7.53. The molecule has 1 aromatic heterocycles. The van der Waals surface area contributed by atoms with Crippen molar-refractivity contribution in [2.45, 2.75) is 0 Å². The molecule has 0 radical (unpaired) electrons. The van der Waals surface area contributed by atoms with Crippen LogP contribution >= 0.6 is 11.6 Å². The third-order valence-corrected chi connectivity index (χ3v) is 3.86. The van der Waals surface area contributed by atoms with E-state index in [4.69, 9.17) is 23.1 Å². The van der Waals surface area contributed by atoms with Gasteiger partial charge in [-0.05, 0) is 12.1 Å². The van der Waals surface area contributed by atoms with Crippen LogP contribution in [0, 0.1) is 17.5 Å². The number of nitrogens with two attached hydrogens (primary N) is 2. The minimum Gasteiger partial charge on any atom is -0.370 e. The smallest absolute Gasteiger partial charge is 0.280 e. The van der Waals surface area contributed by atoms with Crippen LogP contribution in [0.1, 0.15) is 10.4 Å². The molecule has 0 aliphatic carbocycles. The Morgan fingerprint density at radius 2 is 1.69 bits per heavy atom. The molecule has 0 atom stereocenters. The Morgan fingerprint density at radius 3 is 2.31 bits per heavy atom. The highest BCUT2D eigenvalue weighted by Gasteiger charge is 2.19. The molecule has 3 aromatic rings. The maximum atomic E-state index is 14.2. The lowest BCUT2D eigenvalue weighted by molar-refractivity contribution is 0.100. The van der Waals surface area contributed by atoms with Crippen molar-refractivity contribution in [1.82, 2.24) is 4.98 Å². The number of rotatable bonds is 2. The standard InChI is InChI=1S/C17H10ClF3N4O/c18-11-6-24-15(14-12(20)4-8(19)5-13(14)21)10-3-7(1-2-9(10)11)16(26)25-17(22)23/h1-6H,(H4,22,23,25,26). The van der Waals surface area contributed by atoms with Crippen LogP contribution in [-0.4, -0.2) is 16.9 Å². The number of fused-ring (bicyclic) bond motifs is 1. The van der Waals surface area contributed by atoms with Gasteiger partial charge in [0.05, 0.1) is 16.3 Å². The number of halogens is 4. The van der Waals surface area contributed by atoms with Gasteiger partial charge in [0.25, 0.3) is 5.91 Å². The van der Waals surface area contributed by atoms with Gasteiger partial charge in [-0.3, -0.25) is 9.78 Å². The second-order valence-electron chi connectivity index (χ2n) is 5.30. The van der Waals surface area contributed by atoms with E-state index in [-0.39, 0.29) is 21.7 Å². The van der Waals surface area contributed by atoms with Crippen molar-refractivity contribution in [2.75, 3.05) is 0 Å². The monoisotopic (exact) mass is 378 g/mol. The number of hydrogen-bond acceptors (Lipinski definition) is 2. The van der Waals surface area contributed by atoms with Crippen molar-refractivity contribution >= 4 is 34.2 Å². The number of benzene rings is 2. The molecule has 1 heterocycles. The molecule has 4 N–H and O–H groups in total. The molecular formula is C17H10ClF3N4O. The molecule has 9 heteroatoms. The van der Waals surface area contributed by atoms with Crippen LogP contribution in [0.2, 0.25) is 5.02 Å². The minimum atomic E-state index is -1.14. The maximum absolute atomic E-state index is 14.2. The topological polar surface area (TPSA) is 94.4 Å². The van der Waals surface area contributed by atoms with E-state index in [1.165, 1.54) is 24.4 Å². The highest BCUT2D eigenvalue weighted by molar-refractivity contribution is 6.35. The molecule has 1 amide bonds. The van der Waals surface area contributed by atoms with E-state index >= 15 is 0 Å². The van der Waals surface area contributed by atoms with Crippen LogP contribution in [0.3, 0.4) is 0 Å². The molecule has 0 saturated heterocycles. The van der Waals surface area contributed by atoms with Crippen molar-refractivity contribution in [3.63, 3.8) is 0 Å². The van der Waals surface area contributed by atoms with Gasteiger partial charge < -0.3 is 11.5 Å². The predicted molar refractivity (Wildman–Crippen MR) is 92.2 cm³/mol. The van der Waals surface area contributed by atoms with Gasteiger partial charge in [-0.2, -0.15) is 4.99 Å². The zero-order chi connectivity index (χ0) is 19.0. The van der Waals surface area contributed by atoms with Crippen LogP contribution in [0.15, 0.2) is 41.5 Å². The van der Waals surface area contributed by atoms with E-state index in [0.29, 0.717) is 17.5 Å². The fourth-order valence-electron chi connectivity index (χ4n) is 2.49. The van der Waals surface area contributed by atoms with Crippen LogP contribution in [0.25, 0.3) is 22.0 Å². The Bertz CT molecular complexity index is 1060. The first kappa shape index (κ1) is 17.7. The summed E-state index contributed by atoms with van der Waals surface area (Å²) in [4.78, 5) is 19.4. The Labute approximate surface area is 150 Å². The van der Waals surface area contributed by atoms with Crippen molar-refractivity contribution < 1.29 is 18.0 Å². The second kappa shape index (κ2) is 6.64. The summed E-state index contributed by atoms with van der Waals surface area (Å²) in [6, 6.07) is 5.26. The lowest BCUT2D eigenvalue weighted by Gasteiger charge is -2.10. The molecule has 0 bridgehead atoms. The van der Waals surface area contributed by atoms with Gasteiger partial charge in [0.15, 0.2) is 5.96 Å². The average molecular weight is 379 g/mol. The number of nitrogens with zero attached hydrogens (tertiary/aromatic N) is 2. The van der Waals surface area contributed by atoms with Gasteiger partial charge in [-0.1, -0.05) is 17.7 Å². The van der Waals surface area contributed by atoms with Crippen molar-refractivity contribution in [3.05, 3.63) is 64.6 Å². The minimum absolute atomic E-state index is 0.0548. The number of carbonyl (C=O) groups is 1. The average Bonchev–Trinajstić information content (AvgIpc) is 2.55. The van der Waals surface area contributed by atoms with E-state index in [9.17, 15) is 18.0 Å². The predicted octanol–water partition coefficient (Wildman–Crippen LogP) is 3.39. The van der Waals surface area contributed by atoms with E-state index in [1.807, 2.05) is 0 Å². The number of guanidine groups is 1. The van der Waals surface area contributed by atoms with Crippen molar-refractivity contribution in [3.8, 4) is 11.3 Å². The van der Waals surface area contributed by atoms with Crippen molar-refractivity contribution in [1.29, 1.82) is 0 Å². The SMILES string of the molecule is NC(N)=NC(=O)c1ccc2c(Cl)cnc(-c3c(F)cc(F)cc3F)c2c1. The molecule has 3 rings (SSSR count). The summed E-state index contributed by atoms with van der Waals surface area (Å²) < 4.78 is 41.6. The molecule has 0 spiro atoms. The largest absolute Gasteiger partial charge is 0.370 e. The summed E-state index contributed by atoms with van der Waals surface area (Å²) in [7, 11) is 0. The van der Waals surface area contributed by atoms with Gasteiger partial charge in [-0.15, -0.1) is 0 Å². The van der Waals surface area contributed by atoms with Gasteiger partial charge in [0.2, 0.25) is 0 Å². The van der Waals surface area contributed by atoms with Crippen LogP contribution < -0.4 is 11.5 Å². The molecule has 0 saturated carbocycles. The van der Waals surface area contributed by atoms with Gasteiger partial charge in [-0.25, -0.2) is 13.2 Å². The molecule has 2 aromatic carbocycles. The summed E-state index contributed by atoms with van der Waals surface area (Å²) in [6.45, 7) is 0. The first-order chi connectivity index (χ1) is 12.3. The number of aliphatic imine (C=N–C) groups is 1. The maximum Gasteiger partial charge on any atom is 0.280 e. The molecule has 132 valence electrons. The van der Waals surface area contributed by atoms with Crippen LogP contribution in [0.5, 0.6) is 0 Å². The summed E-state index contributed by atoms with van der Waals surface area (Å²) in [5, 5.41) is 0.770. The third kappa shape index (κ3) is 3.18. The third-order valence-electron chi connectivity index (χ3n) is 3.56. The summed E-state index contributed by atoms with van der Waals surface area (Å²) in [6.07, 6.45) is 1.21. The molecule has 0 fully saturated rings. The van der Waals surface area contributed by atoms with E-state index in [1.54, 1.807) is 0 Å². The van der Waals surface area contributed by atoms with Crippen LogP contribution in [0.4, 0.5) is 13.2 Å². The van der Waals surface area contributed by atoms with Crippen molar-refractivity contribution in [2.24, 2.45) is 16.5 Å². The first-order valence-electron chi connectivity index (χ1n) is 7.15. The Kier molecular flexibility index (Phi) is 4.52. The Hall–Kier alpha value is -3.13. The molecule has 5 nitrogen and oxygen atoms in total. The van der Waals surface area contributed by atoms with Gasteiger partial charge >= 0.3 is 0 Å². The summed E-state index contributed by atoms with van der Waals surface area (Å²) >= 11 is 6.08. The molecule has 26 heavy (non-hydrogen) atoms. The van der Waals surface area contributed by atoms with Gasteiger partial charge in [0, 0.05) is 34.7 Å². The Balaban J connectivity index is 2.32. The zero-order valence-electron chi connectivity index (χ0n) is 12.9. The molecule has 0 aliphatic rings. The summed E-state index contributed by atoms with van der Waals surface area (Å²) in [5.74, 6) is -4.53. The molecule has 0 aliphatic heterocycles. The fourth-order valence-corrected chi connectivity index (χ4v) is 2.70.